The zero-order chi connectivity index (χ0) is 23.6. The van der Waals surface area contributed by atoms with E-state index in [0.717, 1.165) is 28.3 Å². The molecule has 3 aromatic carbocycles. The van der Waals surface area contributed by atoms with E-state index in [2.05, 4.69) is 9.82 Å². The number of aromatic nitrogens is 2. The number of halogens is 1. The van der Waals surface area contributed by atoms with E-state index in [4.69, 9.17) is 0 Å². The molecule has 0 saturated carbocycles. The van der Waals surface area contributed by atoms with Crippen LogP contribution in [0.3, 0.4) is 0 Å². The zero-order valence-corrected chi connectivity index (χ0v) is 19.2. The fraction of sp³-hybridized carbons (Fsp3) is 0.174. The van der Waals surface area contributed by atoms with Crippen LogP contribution in [-0.2, 0) is 21.1 Å². The van der Waals surface area contributed by atoms with Crippen molar-refractivity contribution in [1.29, 1.82) is 0 Å². The van der Waals surface area contributed by atoms with E-state index in [1.54, 1.807) is 23.0 Å². The third kappa shape index (κ3) is 5.53. The highest BCUT2D eigenvalue weighted by molar-refractivity contribution is 7.88. The van der Waals surface area contributed by atoms with Crippen molar-refractivity contribution < 1.29 is 21.6 Å². The second-order valence-electron chi connectivity index (χ2n) is 7.71. The van der Waals surface area contributed by atoms with Crippen LogP contribution in [0.4, 0.5) is 4.39 Å². The van der Waals surface area contributed by atoms with Gasteiger partial charge in [0.1, 0.15) is 5.82 Å². The summed E-state index contributed by atoms with van der Waals surface area (Å²) in [5.41, 5.74) is 2.97. The first-order chi connectivity index (χ1) is 15.7. The molecule has 3 unspecified atom stereocenters. The quantitative estimate of drug-likeness (QED) is 0.386. The lowest BCUT2D eigenvalue weighted by molar-refractivity contribution is 0.509. The number of hydrogen-bond donors (Lipinski definition) is 1. The smallest absolute Gasteiger partial charge is 0.209 e. The molecule has 0 aliphatic carbocycles. The van der Waals surface area contributed by atoms with E-state index in [1.165, 1.54) is 12.1 Å². The van der Waals surface area contributed by atoms with Gasteiger partial charge in [-0.1, -0.05) is 47.5 Å². The molecule has 0 bridgehead atoms. The van der Waals surface area contributed by atoms with Gasteiger partial charge in [0.2, 0.25) is 10.0 Å². The monoisotopic (exact) mass is 486 g/mol. The maximum absolute atomic E-state index is 13.3. The molecule has 0 aliphatic rings. The maximum atomic E-state index is 13.3. The van der Waals surface area contributed by atoms with E-state index in [1.807, 2.05) is 48.5 Å². The average Bonchev–Trinajstić information content (AvgIpc) is 3.17. The summed E-state index contributed by atoms with van der Waals surface area (Å²) in [6.45, 7) is 0. The van der Waals surface area contributed by atoms with Gasteiger partial charge < -0.3 is 4.55 Å². The van der Waals surface area contributed by atoms with Gasteiger partial charge in [0.05, 0.1) is 23.7 Å². The van der Waals surface area contributed by atoms with Crippen molar-refractivity contribution in [2.45, 2.75) is 12.0 Å². The molecule has 1 heterocycles. The van der Waals surface area contributed by atoms with Crippen LogP contribution in [0.5, 0.6) is 0 Å². The lowest BCUT2D eigenvalue weighted by atomic mass is 9.85. The van der Waals surface area contributed by atoms with Crippen LogP contribution in [-0.4, -0.2) is 45.0 Å². The molecule has 7 nitrogen and oxygen atoms in total. The number of hydrogen-bond acceptors (Lipinski definition) is 5. The molecule has 0 amide bonds. The Balaban J connectivity index is 1.82. The van der Waals surface area contributed by atoms with Crippen molar-refractivity contribution >= 4 is 32.0 Å². The minimum Gasteiger partial charge on any atom is -0.772 e. The highest BCUT2D eigenvalue weighted by Gasteiger charge is 2.28. The maximum Gasteiger partial charge on any atom is 0.209 e. The number of fused-ring (bicyclic) bond motifs is 1. The molecule has 1 aromatic heterocycles. The molecule has 4 rings (SSSR count). The van der Waals surface area contributed by atoms with Crippen molar-refractivity contribution in [3.05, 3.63) is 95.9 Å². The fourth-order valence-corrected chi connectivity index (χ4v) is 5.41. The molecular weight excluding hydrogens is 465 g/mol. The Morgan fingerprint density at radius 3 is 2.39 bits per heavy atom. The van der Waals surface area contributed by atoms with Gasteiger partial charge in [-0.3, -0.25) is 4.21 Å². The van der Waals surface area contributed by atoms with Gasteiger partial charge in [0.25, 0.3) is 0 Å². The van der Waals surface area contributed by atoms with Crippen LogP contribution in [0.15, 0.2) is 79.0 Å². The van der Waals surface area contributed by atoms with Gasteiger partial charge in [-0.2, -0.15) is 5.10 Å². The van der Waals surface area contributed by atoms with Crippen molar-refractivity contribution in [3.8, 4) is 5.69 Å². The topological polar surface area (TPSA) is 104 Å². The normalized spacial score (nSPS) is 14.8. The van der Waals surface area contributed by atoms with Crippen LogP contribution in [0.1, 0.15) is 17.0 Å². The van der Waals surface area contributed by atoms with Crippen molar-refractivity contribution in [2.24, 2.45) is 0 Å². The summed E-state index contributed by atoms with van der Waals surface area (Å²) in [6.07, 6.45) is 2.67. The number of nitrogens with zero attached hydrogens (tertiary/aromatic N) is 2. The molecule has 0 saturated heterocycles. The highest BCUT2D eigenvalue weighted by atomic mass is 32.2. The summed E-state index contributed by atoms with van der Waals surface area (Å²) in [7, 11) is -3.68. The predicted molar refractivity (Wildman–Crippen MR) is 125 cm³/mol. The van der Waals surface area contributed by atoms with Crippen molar-refractivity contribution in [1.82, 2.24) is 14.5 Å². The Bertz CT molecular complexity index is 1390. The first-order valence-corrected chi connectivity index (χ1v) is 13.2. The minimum absolute atomic E-state index is 0.344. The van der Waals surface area contributed by atoms with Crippen LogP contribution in [0.25, 0.3) is 16.6 Å². The largest absolute Gasteiger partial charge is 0.772 e. The van der Waals surface area contributed by atoms with E-state index >= 15 is 0 Å². The van der Waals surface area contributed by atoms with E-state index < -0.39 is 33.1 Å². The Kier molecular flexibility index (Phi) is 6.71. The van der Waals surface area contributed by atoms with Gasteiger partial charge in [-0.05, 0) is 47.5 Å². The fourth-order valence-electron chi connectivity index (χ4n) is 3.97. The molecular formula is C23H21FN3O4S2-. The molecule has 1 N–H and O–H groups in total. The zero-order valence-electron chi connectivity index (χ0n) is 17.6. The third-order valence-corrected chi connectivity index (χ3v) is 6.63. The molecule has 0 spiro atoms. The molecule has 0 aliphatic heterocycles. The second-order valence-corrected chi connectivity index (χ2v) is 10.4. The SMILES string of the molecule is CS(=O)(=O)NC(CS(=O)[O-])C(c1ccccc1)c1ccc2c(cnn2-c2ccc(F)cc2)c1. The van der Waals surface area contributed by atoms with Gasteiger partial charge in [0, 0.05) is 23.1 Å². The van der Waals surface area contributed by atoms with Gasteiger partial charge in [0.15, 0.2) is 0 Å². The van der Waals surface area contributed by atoms with E-state index in [0.29, 0.717) is 5.69 Å². The molecule has 33 heavy (non-hydrogen) atoms. The Morgan fingerprint density at radius 2 is 1.76 bits per heavy atom. The number of rotatable bonds is 8. The van der Waals surface area contributed by atoms with Crippen LogP contribution in [0.2, 0.25) is 0 Å². The molecule has 4 aromatic rings. The van der Waals surface area contributed by atoms with Gasteiger partial charge >= 0.3 is 0 Å². The molecule has 10 heteroatoms. The van der Waals surface area contributed by atoms with E-state index in [9.17, 15) is 21.6 Å². The molecule has 0 radical (unpaired) electrons. The summed E-state index contributed by atoms with van der Waals surface area (Å²) < 4.78 is 64.7. The standard InChI is InChI=1S/C23H22FN3O4S2/c1-33(30,31)26-21(15-32(28)29)23(16-5-3-2-4-6-16)17-7-12-22-18(13-17)14-25-27(22)20-10-8-19(24)9-11-20/h2-14,21,23,26H,15H2,1H3,(H,28,29)/p-1. The summed E-state index contributed by atoms with van der Waals surface area (Å²) in [6, 6.07) is 19.7. The van der Waals surface area contributed by atoms with Crippen LogP contribution >= 0.6 is 0 Å². The first-order valence-electron chi connectivity index (χ1n) is 10.0. The molecule has 172 valence electrons. The van der Waals surface area contributed by atoms with Crippen LogP contribution < -0.4 is 4.72 Å². The predicted octanol–water partition coefficient (Wildman–Crippen LogP) is 3.09. The van der Waals surface area contributed by atoms with Crippen molar-refractivity contribution in [2.75, 3.05) is 12.0 Å². The molecule has 0 fully saturated rings. The summed E-state index contributed by atoms with van der Waals surface area (Å²) >= 11 is -2.47. The average molecular weight is 487 g/mol. The number of sulfonamides is 1. The van der Waals surface area contributed by atoms with E-state index in [-0.39, 0.29) is 11.6 Å². The summed E-state index contributed by atoms with van der Waals surface area (Å²) in [4.78, 5) is 0. The summed E-state index contributed by atoms with van der Waals surface area (Å²) in [5.74, 6) is -1.29. The second kappa shape index (κ2) is 9.52. The number of benzene rings is 3. The van der Waals surface area contributed by atoms with Crippen LogP contribution in [0, 0.1) is 5.82 Å². The minimum atomic E-state index is -3.68. The van der Waals surface area contributed by atoms with Gasteiger partial charge in [-0.25, -0.2) is 22.2 Å². The Hall–Kier alpha value is -2.92. The molecule has 3 atom stereocenters. The third-order valence-electron chi connectivity index (χ3n) is 5.26. The number of nitrogens with one attached hydrogen (secondary N) is 1. The van der Waals surface area contributed by atoms with Crippen molar-refractivity contribution in [3.63, 3.8) is 0 Å². The summed E-state index contributed by atoms with van der Waals surface area (Å²) in [5, 5.41) is 5.18. The van der Waals surface area contributed by atoms with Gasteiger partial charge in [-0.15, -0.1) is 0 Å². The Morgan fingerprint density at radius 1 is 1.06 bits per heavy atom. The lowest BCUT2D eigenvalue weighted by Gasteiger charge is -2.29. The Labute approximate surface area is 193 Å². The highest BCUT2D eigenvalue weighted by Crippen LogP contribution is 2.32. The lowest BCUT2D eigenvalue weighted by Crippen LogP contribution is -2.42. The first kappa shape index (κ1) is 23.2.